The number of hydrogen-bond donors (Lipinski definition) is 4. The number of amides is 1. The van der Waals surface area contributed by atoms with Crippen LogP contribution in [0.15, 0.2) is 6.07 Å². The van der Waals surface area contributed by atoms with Gasteiger partial charge in [-0.25, -0.2) is 0 Å². The van der Waals surface area contributed by atoms with E-state index >= 15 is 0 Å². The molecule has 4 N–H and O–H groups in total. The number of aryl methyl sites for hydroxylation is 1. The van der Waals surface area contributed by atoms with Gasteiger partial charge in [0.15, 0.2) is 34.7 Å². The largest absolute Gasteiger partial charge is 0.505 e. The van der Waals surface area contributed by atoms with Crippen LogP contribution in [0.5, 0.6) is 5.75 Å². The quantitative estimate of drug-likeness (QED) is 0.310. The van der Waals surface area contributed by atoms with Crippen LogP contribution in [0.4, 0.5) is 5.69 Å². The Morgan fingerprint density at radius 2 is 1.84 bits per heavy atom. The van der Waals surface area contributed by atoms with E-state index in [2.05, 4.69) is 10.6 Å². The van der Waals surface area contributed by atoms with Crippen LogP contribution < -0.4 is 10.6 Å². The molecule has 0 saturated heterocycles. The highest BCUT2D eigenvalue weighted by atomic mass is 16.3. The minimum atomic E-state index is -2.68. The van der Waals surface area contributed by atoms with Crippen LogP contribution in [0.2, 0.25) is 0 Å². The normalized spacial score (nSPS) is 30.7. The van der Waals surface area contributed by atoms with Crippen LogP contribution in [0.25, 0.3) is 0 Å². The van der Waals surface area contributed by atoms with E-state index < -0.39 is 64.4 Å². The lowest BCUT2D eigenvalue weighted by molar-refractivity contribution is -0.181. The van der Waals surface area contributed by atoms with Crippen molar-refractivity contribution >= 4 is 34.7 Å². The molecular weight excluding hydrogens is 490 g/mol. The number of aliphatic hydroxyl groups is 1. The molecule has 2 saturated carbocycles. The summed E-state index contributed by atoms with van der Waals surface area (Å²) in [6, 6.07) is 0.762. The predicted molar refractivity (Wildman–Crippen MR) is 139 cm³/mol. The summed E-state index contributed by atoms with van der Waals surface area (Å²) < 4.78 is 0. The minimum absolute atomic E-state index is 0.0404. The number of likely N-dealkylation sites (N-methyl/N-ethyl adjacent to an activating group) is 1. The van der Waals surface area contributed by atoms with Crippen molar-refractivity contribution in [3.8, 4) is 5.75 Å². The molecule has 1 aromatic rings. The molecule has 2 fully saturated rings. The Bertz CT molecular complexity index is 1220. The van der Waals surface area contributed by atoms with Crippen molar-refractivity contribution in [1.82, 2.24) is 10.2 Å². The zero-order valence-electron chi connectivity index (χ0n) is 22.8. The van der Waals surface area contributed by atoms with Crippen molar-refractivity contribution in [3.63, 3.8) is 0 Å². The molecular formula is C28H37N3O7. The summed E-state index contributed by atoms with van der Waals surface area (Å²) in [5.74, 6) is -9.26. The Balaban J connectivity index is 1.85. The minimum Gasteiger partial charge on any atom is -0.505 e. The summed E-state index contributed by atoms with van der Waals surface area (Å²) >= 11 is 0. The lowest BCUT2D eigenvalue weighted by Crippen LogP contribution is -2.74. The van der Waals surface area contributed by atoms with Crippen molar-refractivity contribution in [1.29, 1.82) is 0 Å². The number of fused-ring (bicyclic) bond motifs is 3. The van der Waals surface area contributed by atoms with E-state index in [0.29, 0.717) is 24.2 Å². The fourth-order valence-corrected chi connectivity index (χ4v) is 6.64. The highest BCUT2D eigenvalue weighted by molar-refractivity contribution is 6.32. The van der Waals surface area contributed by atoms with E-state index in [1.54, 1.807) is 14.1 Å². The Morgan fingerprint density at radius 1 is 1.18 bits per heavy atom. The molecule has 0 heterocycles. The molecule has 206 valence electrons. The predicted octanol–water partition coefficient (Wildman–Crippen LogP) is 0.758. The van der Waals surface area contributed by atoms with Gasteiger partial charge in [0.25, 0.3) is 0 Å². The van der Waals surface area contributed by atoms with E-state index in [1.165, 1.54) is 11.9 Å². The van der Waals surface area contributed by atoms with Crippen LogP contribution >= 0.6 is 0 Å². The number of carbonyl (C=O) groups is 5. The molecule has 0 radical (unpaired) electrons. The highest BCUT2D eigenvalue weighted by Crippen LogP contribution is 2.52. The van der Waals surface area contributed by atoms with Crippen molar-refractivity contribution in [3.05, 3.63) is 22.8 Å². The first-order chi connectivity index (χ1) is 17.8. The average Bonchev–Trinajstić information content (AvgIpc) is 2.85. The molecule has 3 aliphatic rings. The molecule has 0 spiro atoms. The molecule has 1 aromatic carbocycles. The number of nitrogens with zero attached hydrogens (tertiary/aromatic N) is 1. The number of benzene rings is 1. The van der Waals surface area contributed by atoms with Crippen LogP contribution in [0.1, 0.15) is 48.7 Å². The summed E-state index contributed by atoms with van der Waals surface area (Å²) in [7, 11) is 4.45. The lowest BCUT2D eigenvalue weighted by Gasteiger charge is -2.52. The molecule has 4 rings (SSSR count). The van der Waals surface area contributed by atoms with Gasteiger partial charge in [-0.3, -0.25) is 28.9 Å². The van der Waals surface area contributed by atoms with Crippen LogP contribution in [0.3, 0.4) is 0 Å². The summed E-state index contributed by atoms with van der Waals surface area (Å²) in [5.41, 5.74) is -0.719. The van der Waals surface area contributed by atoms with Gasteiger partial charge >= 0.3 is 0 Å². The van der Waals surface area contributed by atoms with E-state index in [0.717, 1.165) is 5.56 Å². The van der Waals surface area contributed by atoms with Gasteiger partial charge in [-0.1, -0.05) is 20.8 Å². The van der Waals surface area contributed by atoms with Crippen molar-refractivity contribution < 1.29 is 34.2 Å². The van der Waals surface area contributed by atoms with Crippen LogP contribution in [-0.2, 0) is 32.0 Å². The van der Waals surface area contributed by atoms with Crippen LogP contribution in [0, 0.1) is 29.6 Å². The fourth-order valence-electron chi connectivity index (χ4n) is 6.64. The van der Waals surface area contributed by atoms with Gasteiger partial charge in [0, 0.05) is 19.5 Å². The van der Waals surface area contributed by atoms with E-state index in [4.69, 9.17) is 0 Å². The van der Waals surface area contributed by atoms with E-state index in [-0.39, 0.29) is 30.1 Å². The Hall–Kier alpha value is -3.11. The second kappa shape index (κ2) is 9.89. The Morgan fingerprint density at radius 3 is 2.39 bits per heavy atom. The smallest absolute Gasteiger partial charge is 0.238 e. The van der Waals surface area contributed by atoms with Crippen molar-refractivity contribution in [2.24, 2.45) is 29.6 Å². The number of rotatable bonds is 6. The summed E-state index contributed by atoms with van der Waals surface area (Å²) in [4.78, 5) is 68.9. The van der Waals surface area contributed by atoms with Gasteiger partial charge in [-0.15, -0.1) is 0 Å². The monoisotopic (exact) mass is 527 g/mol. The molecule has 2 unspecified atom stereocenters. The Kier molecular flexibility index (Phi) is 7.26. The van der Waals surface area contributed by atoms with E-state index in [9.17, 15) is 34.2 Å². The number of ketones is 4. The first kappa shape index (κ1) is 27.9. The fraction of sp³-hybridized carbons (Fsp3) is 0.607. The zero-order chi connectivity index (χ0) is 28.3. The third-order valence-corrected chi connectivity index (χ3v) is 8.46. The molecule has 10 heteroatoms. The molecule has 10 nitrogen and oxygen atoms in total. The number of Topliss-reactive ketones (excluding diaryl/α,β-unsaturated/α-hetero) is 4. The zero-order valence-corrected chi connectivity index (χ0v) is 22.8. The number of anilines is 1. The summed E-state index contributed by atoms with van der Waals surface area (Å²) in [5, 5.41) is 28.3. The second-order valence-corrected chi connectivity index (χ2v) is 11.4. The van der Waals surface area contributed by atoms with Crippen LogP contribution in [-0.4, -0.2) is 83.5 Å². The van der Waals surface area contributed by atoms with Crippen molar-refractivity contribution in [2.75, 3.05) is 33.0 Å². The lowest BCUT2D eigenvalue weighted by atomic mass is 9.52. The maximum absolute atomic E-state index is 14.0. The second-order valence-electron chi connectivity index (χ2n) is 11.4. The third kappa shape index (κ3) is 3.96. The van der Waals surface area contributed by atoms with E-state index in [1.807, 2.05) is 26.8 Å². The first-order valence-electron chi connectivity index (χ1n) is 13.2. The first-order valence-corrected chi connectivity index (χ1v) is 13.2. The molecule has 0 bridgehead atoms. The van der Waals surface area contributed by atoms with Gasteiger partial charge in [-0.2, -0.15) is 0 Å². The number of phenolic OH excluding ortho intramolecular Hbond substituents is 1. The number of phenols is 1. The van der Waals surface area contributed by atoms with Gasteiger partial charge in [-0.05, 0) is 62.4 Å². The van der Waals surface area contributed by atoms with Crippen molar-refractivity contribution in [2.45, 2.75) is 51.7 Å². The SMILES string of the molecule is CCc1cc(NCC(C)C)c(O)c2c1C[C@H]1C[C@H]3[C@H](N(C)C)C(=O)C(C(=O)NC)C(=O)[C@@]3(O)C(=O)C1C2=O. The van der Waals surface area contributed by atoms with Gasteiger partial charge in [0.05, 0.1) is 23.2 Å². The molecule has 1 amide bonds. The van der Waals surface area contributed by atoms with Gasteiger partial charge in [0.2, 0.25) is 5.91 Å². The highest BCUT2D eigenvalue weighted by Gasteiger charge is 2.69. The van der Waals surface area contributed by atoms with Gasteiger partial charge < -0.3 is 20.8 Å². The topological polar surface area (TPSA) is 153 Å². The average molecular weight is 528 g/mol. The molecule has 0 aromatic heterocycles. The standard InChI is InChI=1S/C28H37N3O7/c1-7-13-10-17(30-11-12(2)3)22(32)19-15(13)8-14-9-16-21(31(5)6)24(34)20(27(37)29-4)26(36)28(16,38)25(35)18(14)23(19)33/h10,12,14,16,18,20-21,30,32,38H,7-9,11H2,1-6H3,(H,29,37)/t14-,16-,18?,20?,21-,28-/m0/s1. The number of nitrogens with one attached hydrogen (secondary N) is 2. The van der Waals surface area contributed by atoms with Gasteiger partial charge in [0.1, 0.15) is 5.75 Å². The Labute approximate surface area is 222 Å². The molecule has 3 aliphatic carbocycles. The number of carbonyl (C=O) groups excluding carboxylic acids is 5. The summed E-state index contributed by atoms with van der Waals surface area (Å²) in [6.45, 7) is 6.52. The molecule has 38 heavy (non-hydrogen) atoms. The molecule has 6 atom stereocenters. The third-order valence-electron chi connectivity index (χ3n) is 8.46. The molecule has 0 aliphatic heterocycles. The number of hydrogen-bond acceptors (Lipinski definition) is 9. The maximum atomic E-state index is 14.0. The maximum Gasteiger partial charge on any atom is 0.238 e. The number of aromatic hydroxyl groups is 1. The summed E-state index contributed by atoms with van der Waals surface area (Å²) in [6.07, 6.45) is 0.943.